The molecule has 128 valence electrons. The first kappa shape index (κ1) is 16.6. The molecule has 24 heavy (non-hydrogen) atoms. The number of aromatic nitrogens is 3. The molecule has 2 atom stereocenters. The van der Waals surface area contributed by atoms with Gasteiger partial charge in [-0.25, -0.2) is 0 Å². The average Bonchev–Trinajstić information content (AvgIpc) is 3.07. The summed E-state index contributed by atoms with van der Waals surface area (Å²) < 4.78 is 0. The Morgan fingerprint density at radius 3 is 3.08 bits per heavy atom. The van der Waals surface area contributed by atoms with Crippen LogP contribution in [0.3, 0.4) is 0 Å². The molecule has 0 aliphatic carbocycles. The minimum atomic E-state index is -0.587. The summed E-state index contributed by atoms with van der Waals surface area (Å²) in [5, 5.41) is 20.1. The van der Waals surface area contributed by atoms with Crippen LogP contribution in [0.5, 0.6) is 0 Å². The molecule has 1 fully saturated rings. The van der Waals surface area contributed by atoms with Gasteiger partial charge in [-0.3, -0.25) is 19.8 Å². The van der Waals surface area contributed by atoms with Crippen LogP contribution in [-0.2, 0) is 13.0 Å². The number of hydrogen-bond acceptors (Lipinski definition) is 5. The summed E-state index contributed by atoms with van der Waals surface area (Å²) in [6, 6.07) is 3.70. The third kappa shape index (κ3) is 3.80. The summed E-state index contributed by atoms with van der Waals surface area (Å²) in [4.78, 5) is 18.7. The number of carbonyl (C=O) groups excluding carboxylic acids is 1. The summed E-state index contributed by atoms with van der Waals surface area (Å²) in [6.45, 7) is 4.08. The first-order chi connectivity index (χ1) is 11.7. The number of rotatable bonds is 5. The van der Waals surface area contributed by atoms with Gasteiger partial charge in [-0.2, -0.15) is 5.10 Å². The van der Waals surface area contributed by atoms with Crippen molar-refractivity contribution in [2.24, 2.45) is 0 Å². The van der Waals surface area contributed by atoms with E-state index >= 15 is 0 Å². The van der Waals surface area contributed by atoms with Crippen LogP contribution < -0.4 is 5.32 Å². The minimum Gasteiger partial charge on any atom is -0.390 e. The molecule has 2 aromatic heterocycles. The third-order valence-corrected chi connectivity index (χ3v) is 4.43. The van der Waals surface area contributed by atoms with E-state index in [1.807, 2.05) is 25.3 Å². The quantitative estimate of drug-likeness (QED) is 0.752. The molecule has 0 radical (unpaired) electrons. The number of likely N-dealkylation sites (tertiary alicyclic amines) is 1. The zero-order valence-corrected chi connectivity index (χ0v) is 13.8. The van der Waals surface area contributed by atoms with Crippen molar-refractivity contribution in [3.05, 3.63) is 47.5 Å². The van der Waals surface area contributed by atoms with Crippen LogP contribution in [0.1, 0.15) is 35.0 Å². The van der Waals surface area contributed by atoms with E-state index < -0.39 is 6.10 Å². The van der Waals surface area contributed by atoms with E-state index in [1.165, 1.54) is 6.20 Å². The standard InChI is InChI=1S/C17H23N5O2/c1-2-14-13(9-19-21-14)17(24)20-15-5-7-22(11-16(15)23)10-12-4-3-6-18-8-12/h3-4,6,8-9,15-16,23H,2,5,7,10-11H2,1H3,(H,19,21)(H,20,24)/t15-,16-/m0/s1. The number of β-amino-alcohol motifs (C(OH)–C–C–N with tert-alkyl or cyclic N) is 1. The Kier molecular flexibility index (Phi) is 5.22. The molecule has 1 aliphatic heterocycles. The monoisotopic (exact) mass is 329 g/mol. The molecule has 7 heteroatoms. The molecule has 1 saturated heterocycles. The van der Waals surface area contributed by atoms with Gasteiger partial charge in [0.25, 0.3) is 5.91 Å². The fourth-order valence-corrected chi connectivity index (χ4v) is 3.08. The lowest BCUT2D eigenvalue weighted by molar-refractivity contribution is 0.0349. The van der Waals surface area contributed by atoms with Crippen LogP contribution in [0.2, 0.25) is 0 Å². The molecule has 3 heterocycles. The van der Waals surface area contributed by atoms with Gasteiger partial charge in [-0.15, -0.1) is 0 Å². The topological polar surface area (TPSA) is 94.1 Å². The summed E-state index contributed by atoms with van der Waals surface area (Å²) in [6.07, 6.45) is 5.97. The Balaban J connectivity index is 1.55. The van der Waals surface area contributed by atoms with Crippen LogP contribution in [0.15, 0.2) is 30.7 Å². The van der Waals surface area contributed by atoms with Crippen LogP contribution in [0.4, 0.5) is 0 Å². The van der Waals surface area contributed by atoms with Gasteiger partial charge in [0, 0.05) is 37.7 Å². The maximum absolute atomic E-state index is 12.4. The van der Waals surface area contributed by atoms with Crippen molar-refractivity contribution in [2.45, 2.75) is 38.5 Å². The van der Waals surface area contributed by atoms with Gasteiger partial charge in [-0.05, 0) is 24.5 Å². The number of carbonyl (C=O) groups is 1. The first-order valence-electron chi connectivity index (χ1n) is 8.29. The molecule has 3 N–H and O–H groups in total. The lowest BCUT2D eigenvalue weighted by atomic mass is 10.0. The first-order valence-corrected chi connectivity index (χ1v) is 8.29. The van der Waals surface area contributed by atoms with E-state index in [0.29, 0.717) is 18.5 Å². The smallest absolute Gasteiger partial charge is 0.255 e. The normalized spacial score (nSPS) is 21.6. The SMILES string of the molecule is CCc1[nH]ncc1C(=O)N[C@H]1CCN(Cc2cccnc2)C[C@@H]1O. The number of H-pyrrole nitrogens is 1. The number of aliphatic hydroxyl groups excluding tert-OH is 1. The molecule has 7 nitrogen and oxygen atoms in total. The van der Waals surface area contributed by atoms with E-state index in [1.54, 1.807) is 6.20 Å². The van der Waals surface area contributed by atoms with Gasteiger partial charge in [0.1, 0.15) is 0 Å². The molecule has 1 aliphatic rings. The molecule has 3 rings (SSSR count). The Morgan fingerprint density at radius 2 is 2.38 bits per heavy atom. The molecule has 1 amide bonds. The van der Waals surface area contributed by atoms with Crippen LogP contribution in [0.25, 0.3) is 0 Å². The molecular weight excluding hydrogens is 306 g/mol. The number of hydrogen-bond donors (Lipinski definition) is 3. The molecule has 0 aromatic carbocycles. The van der Waals surface area contributed by atoms with Crippen molar-refractivity contribution in [1.82, 2.24) is 25.4 Å². The van der Waals surface area contributed by atoms with Gasteiger partial charge in [-0.1, -0.05) is 13.0 Å². The van der Waals surface area contributed by atoms with Crippen molar-refractivity contribution in [3.63, 3.8) is 0 Å². The number of nitrogens with one attached hydrogen (secondary N) is 2. The van der Waals surface area contributed by atoms with E-state index in [2.05, 4.69) is 25.4 Å². The van der Waals surface area contributed by atoms with Crippen LogP contribution in [-0.4, -0.2) is 56.3 Å². The second-order valence-electron chi connectivity index (χ2n) is 6.15. The average molecular weight is 329 g/mol. The molecule has 0 bridgehead atoms. The van der Waals surface area contributed by atoms with E-state index in [4.69, 9.17) is 0 Å². The predicted molar refractivity (Wildman–Crippen MR) is 89.4 cm³/mol. The molecule has 0 spiro atoms. The van der Waals surface area contributed by atoms with Gasteiger partial charge in [0.05, 0.1) is 23.9 Å². The highest BCUT2D eigenvalue weighted by Gasteiger charge is 2.29. The summed E-state index contributed by atoms with van der Waals surface area (Å²) in [5.41, 5.74) is 2.50. The Morgan fingerprint density at radius 1 is 1.50 bits per heavy atom. The minimum absolute atomic E-state index is 0.176. The maximum Gasteiger partial charge on any atom is 0.255 e. The fourth-order valence-electron chi connectivity index (χ4n) is 3.08. The summed E-state index contributed by atoms with van der Waals surface area (Å²) in [7, 11) is 0. The molecule has 0 saturated carbocycles. The highest BCUT2D eigenvalue weighted by molar-refractivity contribution is 5.95. The lowest BCUT2D eigenvalue weighted by Gasteiger charge is -2.36. The fraction of sp³-hybridized carbons (Fsp3) is 0.471. The van der Waals surface area contributed by atoms with E-state index in [0.717, 1.165) is 30.8 Å². The largest absolute Gasteiger partial charge is 0.390 e. The number of aliphatic hydroxyl groups is 1. The zero-order valence-electron chi connectivity index (χ0n) is 13.8. The van der Waals surface area contributed by atoms with Crippen LogP contribution >= 0.6 is 0 Å². The Bertz CT molecular complexity index is 673. The second kappa shape index (κ2) is 7.55. The number of amides is 1. The Labute approximate surface area is 141 Å². The van der Waals surface area contributed by atoms with Gasteiger partial charge in [0.15, 0.2) is 0 Å². The van der Waals surface area contributed by atoms with E-state index in [9.17, 15) is 9.90 Å². The highest BCUT2D eigenvalue weighted by Crippen LogP contribution is 2.15. The summed E-state index contributed by atoms with van der Waals surface area (Å²) in [5.74, 6) is -0.176. The van der Waals surface area contributed by atoms with Crippen molar-refractivity contribution < 1.29 is 9.90 Å². The number of aryl methyl sites for hydroxylation is 1. The lowest BCUT2D eigenvalue weighted by Crippen LogP contribution is -2.53. The maximum atomic E-state index is 12.4. The number of pyridine rings is 1. The van der Waals surface area contributed by atoms with Crippen molar-refractivity contribution in [3.8, 4) is 0 Å². The third-order valence-electron chi connectivity index (χ3n) is 4.43. The second-order valence-corrected chi connectivity index (χ2v) is 6.15. The molecular formula is C17H23N5O2. The van der Waals surface area contributed by atoms with Crippen molar-refractivity contribution in [2.75, 3.05) is 13.1 Å². The molecule has 2 aromatic rings. The number of aromatic amines is 1. The van der Waals surface area contributed by atoms with Gasteiger partial charge in [0.2, 0.25) is 0 Å². The molecule has 0 unspecified atom stereocenters. The van der Waals surface area contributed by atoms with E-state index in [-0.39, 0.29) is 11.9 Å². The Hall–Kier alpha value is -2.25. The number of nitrogens with zero attached hydrogens (tertiary/aromatic N) is 3. The summed E-state index contributed by atoms with van der Waals surface area (Å²) >= 11 is 0. The van der Waals surface area contributed by atoms with Crippen molar-refractivity contribution in [1.29, 1.82) is 0 Å². The van der Waals surface area contributed by atoms with Gasteiger partial charge < -0.3 is 10.4 Å². The van der Waals surface area contributed by atoms with Crippen molar-refractivity contribution >= 4 is 5.91 Å². The zero-order chi connectivity index (χ0) is 16.9. The predicted octanol–water partition coefficient (Wildman–Crippen LogP) is 0.732. The van der Waals surface area contributed by atoms with Gasteiger partial charge >= 0.3 is 0 Å². The number of piperidine rings is 1. The van der Waals surface area contributed by atoms with Crippen LogP contribution in [0, 0.1) is 0 Å². The highest BCUT2D eigenvalue weighted by atomic mass is 16.3.